The number of hydrogen-bond donors (Lipinski definition) is 2. The third kappa shape index (κ3) is 4.99. The zero-order chi connectivity index (χ0) is 15.1. The molecule has 0 saturated heterocycles. The van der Waals surface area contributed by atoms with Crippen molar-refractivity contribution in [3.05, 3.63) is 64.6 Å². The van der Waals surface area contributed by atoms with Gasteiger partial charge in [0.15, 0.2) is 6.54 Å². The topological polar surface area (TPSA) is 45.7 Å². The van der Waals surface area contributed by atoms with E-state index in [1.54, 1.807) is 0 Å². The van der Waals surface area contributed by atoms with Crippen LogP contribution < -0.4 is 10.6 Å². The van der Waals surface area contributed by atoms with Crippen molar-refractivity contribution in [1.82, 2.24) is 0 Å². The maximum absolute atomic E-state index is 12.0. The molecule has 2 aromatic rings. The van der Waals surface area contributed by atoms with Gasteiger partial charge in [-0.15, -0.1) is 0 Å². The molecule has 0 radical (unpaired) electrons. The summed E-state index contributed by atoms with van der Waals surface area (Å²) in [5.41, 5.74) is 2.08. The number of hydrogen-bond acceptors (Lipinski definition) is 1. The standard InChI is InChI=1S/C17H19BrN2O/c1-2-16(13-8-10-14(18)11-9-13)19-12-17(21)20-15-6-4-3-5-7-15/h3-11,16,19H,2,12H2,1H3,(H,20,21)/p+1/t16-/m0/s1. The Kier molecular flexibility index (Phi) is 5.96. The molecular formula is C17H20BrN2O+. The molecule has 0 aliphatic heterocycles. The van der Waals surface area contributed by atoms with Crippen LogP contribution in [0.5, 0.6) is 0 Å². The molecule has 0 bridgehead atoms. The molecule has 0 aliphatic carbocycles. The highest BCUT2D eigenvalue weighted by Crippen LogP contribution is 2.16. The number of rotatable bonds is 6. The van der Waals surface area contributed by atoms with Gasteiger partial charge in [-0.1, -0.05) is 53.2 Å². The summed E-state index contributed by atoms with van der Waals surface area (Å²) in [4.78, 5) is 12.0. The van der Waals surface area contributed by atoms with Crippen molar-refractivity contribution >= 4 is 27.5 Å². The Balaban J connectivity index is 1.88. The fourth-order valence-electron chi connectivity index (χ4n) is 2.23. The van der Waals surface area contributed by atoms with Crippen molar-refractivity contribution in [2.45, 2.75) is 19.4 Å². The van der Waals surface area contributed by atoms with E-state index in [1.807, 2.05) is 42.5 Å². The Morgan fingerprint density at radius 2 is 1.81 bits per heavy atom. The summed E-state index contributed by atoms with van der Waals surface area (Å²) in [6.45, 7) is 2.56. The molecule has 0 spiro atoms. The largest absolute Gasteiger partial charge is 0.332 e. The fraction of sp³-hybridized carbons (Fsp3) is 0.235. The lowest BCUT2D eigenvalue weighted by Gasteiger charge is -2.14. The number of nitrogens with one attached hydrogen (secondary N) is 1. The van der Waals surface area contributed by atoms with E-state index >= 15 is 0 Å². The molecule has 0 unspecified atom stereocenters. The summed E-state index contributed by atoms with van der Waals surface area (Å²) in [5.74, 6) is 0.0248. The highest BCUT2D eigenvalue weighted by atomic mass is 79.9. The van der Waals surface area contributed by atoms with Crippen molar-refractivity contribution in [3.63, 3.8) is 0 Å². The van der Waals surface area contributed by atoms with Gasteiger partial charge < -0.3 is 10.6 Å². The van der Waals surface area contributed by atoms with Crippen LogP contribution in [0.15, 0.2) is 59.1 Å². The molecule has 3 N–H and O–H groups in total. The fourth-order valence-corrected chi connectivity index (χ4v) is 2.50. The van der Waals surface area contributed by atoms with Gasteiger partial charge in [0, 0.05) is 22.1 Å². The Bertz CT molecular complexity index is 569. The maximum Gasteiger partial charge on any atom is 0.279 e. The van der Waals surface area contributed by atoms with Crippen LogP contribution in [-0.2, 0) is 4.79 Å². The normalized spacial score (nSPS) is 11.9. The van der Waals surface area contributed by atoms with Crippen LogP contribution in [0.3, 0.4) is 0 Å². The second-order valence-electron chi connectivity index (χ2n) is 4.92. The Morgan fingerprint density at radius 1 is 1.14 bits per heavy atom. The third-order valence-corrected chi connectivity index (χ3v) is 3.91. The van der Waals surface area contributed by atoms with Crippen LogP contribution in [0.4, 0.5) is 5.69 Å². The number of carbonyl (C=O) groups is 1. The smallest absolute Gasteiger partial charge is 0.279 e. The van der Waals surface area contributed by atoms with Gasteiger partial charge >= 0.3 is 0 Å². The minimum atomic E-state index is 0.0248. The lowest BCUT2D eigenvalue weighted by molar-refractivity contribution is -0.686. The van der Waals surface area contributed by atoms with E-state index < -0.39 is 0 Å². The molecule has 2 aromatic carbocycles. The first kappa shape index (κ1) is 15.7. The highest BCUT2D eigenvalue weighted by molar-refractivity contribution is 9.10. The van der Waals surface area contributed by atoms with Gasteiger partial charge in [-0.2, -0.15) is 0 Å². The second kappa shape index (κ2) is 7.96. The molecule has 0 fully saturated rings. The van der Waals surface area contributed by atoms with E-state index in [1.165, 1.54) is 5.56 Å². The second-order valence-corrected chi connectivity index (χ2v) is 5.84. The highest BCUT2D eigenvalue weighted by Gasteiger charge is 2.14. The predicted octanol–water partition coefficient (Wildman–Crippen LogP) is 3.10. The monoisotopic (exact) mass is 347 g/mol. The number of amides is 1. The first-order chi connectivity index (χ1) is 10.2. The number of anilines is 1. The van der Waals surface area contributed by atoms with Crippen LogP contribution in [-0.4, -0.2) is 12.5 Å². The number of quaternary nitrogens is 1. The first-order valence-corrected chi connectivity index (χ1v) is 7.92. The van der Waals surface area contributed by atoms with Gasteiger partial charge in [0.25, 0.3) is 5.91 Å². The Morgan fingerprint density at radius 3 is 2.43 bits per heavy atom. The molecule has 21 heavy (non-hydrogen) atoms. The van der Waals surface area contributed by atoms with Gasteiger partial charge in [-0.3, -0.25) is 4.79 Å². The van der Waals surface area contributed by atoms with E-state index in [0.29, 0.717) is 12.6 Å². The maximum atomic E-state index is 12.0. The molecule has 0 heterocycles. The summed E-state index contributed by atoms with van der Waals surface area (Å²) >= 11 is 3.44. The molecule has 4 heteroatoms. The van der Waals surface area contributed by atoms with E-state index in [2.05, 4.69) is 45.6 Å². The SMILES string of the molecule is CC[C@H]([NH2+]CC(=O)Nc1ccccc1)c1ccc(Br)cc1. The summed E-state index contributed by atoms with van der Waals surface area (Å²) in [6, 6.07) is 18.1. The van der Waals surface area contributed by atoms with Gasteiger partial charge in [-0.05, 0) is 24.3 Å². The van der Waals surface area contributed by atoms with Crippen molar-refractivity contribution in [2.24, 2.45) is 0 Å². The molecule has 0 aliphatic rings. The predicted molar refractivity (Wildman–Crippen MR) is 89.0 cm³/mol. The Labute approximate surface area is 133 Å². The number of nitrogens with two attached hydrogens (primary N) is 1. The molecule has 1 amide bonds. The van der Waals surface area contributed by atoms with Crippen LogP contribution in [0.25, 0.3) is 0 Å². The van der Waals surface area contributed by atoms with Gasteiger partial charge in [-0.25, -0.2) is 0 Å². The third-order valence-electron chi connectivity index (χ3n) is 3.38. The molecular weight excluding hydrogens is 328 g/mol. The average molecular weight is 348 g/mol. The van der Waals surface area contributed by atoms with E-state index in [9.17, 15) is 4.79 Å². The zero-order valence-electron chi connectivity index (χ0n) is 12.1. The summed E-state index contributed by atoms with van der Waals surface area (Å²) in [7, 11) is 0. The van der Waals surface area contributed by atoms with Gasteiger partial charge in [0.05, 0.1) is 0 Å². The van der Waals surface area contributed by atoms with Crippen LogP contribution >= 0.6 is 15.9 Å². The quantitative estimate of drug-likeness (QED) is 0.828. The molecule has 0 aromatic heterocycles. The van der Waals surface area contributed by atoms with E-state index in [-0.39, 0.29) is 5.91 Å². The molecule has 2 rings (SSSR count). The van der Waals surface area contributed by atoms with Gasteiger partial charge in [0.2, 0.25) is 0 Å². The number of carbonyl (C=O) groups excluding carboxylic acids is 1. The molecule has 3 nitrogen and oxygen atoms in total. The number of para-hydroxylation sites is 1. The Hall–Kier alpha value is -1.65. The van der Waals surface area contributed by atoms with E-state index in [0.717, 1.165) is 16.6 Å². The van der Waals surface area contributed by atoms with Gasteiger partial charge in [0.1, 0.15) is 6.04 Å². The number of halogens is 1. The summed E-state index contributed by atoms with van der Waals surface area (Å²) in [6.07, 6.45) is 0.986. The molecule has 110 valence electrons. The minimum absolute atomic E-state index is 0.0248. The first-order valence-electron chi connectivity index (χ1n) is 7.12. The van der Waals surface area contributed by atoms with Crippen molar-refractivity contribution in [2.75, 3.05) is 11.9 Å². The number of benzene rings is 2. The lowest BCUT2D eigenvalue weighted by Crippen LogP contribution is -2.87. The summed E-state index contributed by atoms with van der Waals surface area (Å²) < 4.78 is 1.07. The lowest BCUT2D eigenvalue weighted by atomic mass is 10.0. The molecule has 0 saturated carbocycles. The van der Waals surface area contributed by atoms with Crippen molar-refractivity contribution in [1.29, 1.82) is 0 Å². The van der Waals surface area contributed by atoms with E-state index in [4.69, 9.17) is 0 Å². The van der Waals surface area contributed by atoms with Crippen LogP contribution in [0, 0.1) is 0 Å². The zero-order valence-corrected chi connectivity index (χ0v) is 13.6. The minimum Gasteiger partial charge on any atom is -0.332 e. The van der Waals surface area contributed by atoms with Crippen LogP contribution in [0.1, 0.15) is 24.9 Å². The van der Waals surface area contributed by atoms with Crippen LogP contribution in [0.2, 0.25) is 0 Å². The summed E-state index contributed by atoms with van der Waals surface area (Å²) in [5, 5.41) is 4.99. The average Bonchev–Trinajstić information content (AvgIpc) is 2.50. The molecule has 1 atom stereocenters. The van der Waals surface area contributed by atoms with Crippen molar-refractivity contribution in [3.8, 4) is 0 Å². The van der Waals surface area contributed by atoms with Crippen molar-refractivity contribution < 1.29 is 10.1 Å².